The molecule has 0 N–H and O–H groups in total. The van der Waals surface area contributed by atoms with E-state index in [1.165, 1.54) is 23.9 Å². The van der Waals surface area contributed by atoms with Crippen LogP contribution in [-0.2, 0) is 17.0 Å². The third kappa shape index (κ3) is 4.04. The van der Waals surface area contributed by atoms with Crippen LogP contribution in [0.2, 0.25) is 0 Å². The Kier molecular flexibility index (Phi) is 5.92. The molecule has 0 aliphatic rings. The Morgan fingerprint density at radius 2 is 2.00 bits per heavy atom. The molecular formula is C21H21FN4O2S. The van der Waals surface area contributed by atoms with E-state index in [0.717, 1.165) is 11.1 Å². The van der Waals surface area contributed by atoms with E-state index in [-0.39, 0.29) is 11.4 Å². The minimum absolute atomic E-state index is 0.0846. The van der Waals surface area contributed by atoms with Crippen LogP contribution in [0.5, 0.6) is 0 Å². The van der Waals surface area contributed by atoms with E-state index >= 15 is 0 Å². The van der Waals surface area contributed by atoms with Gasteiger partial charge in [-0.15, -0.1) is 10.2 Å². The van der Waals surface area contributed by atoms with Crippen molar-refractivity contribution in [2.24, 2.45) is 0 Å². The summed E-state index contributed by atoms with van der Waals surface area (Å²) in [6, 6.07) is 14.0. The zero-order valence-corrected chi connectivity index (χ0v) is 16.9. The Bertz CT molecular complexity index is 1200. The van der Waals surface area contributed by atoms with Gasteiger partial charge in [-0.2, -0.15) is 0 Å². The highest BCUT2D eigenvalue weighted by molar-refractivity contribution is 7.98. The number of fused-ring (bicyclic) bond motifs is 3. The number of benzene rings is 2. The van der Waals surface area contributed by atoms with Crippen molar-refractivity contribution in [2.75, 3.05) is 13.2 Å². The maximum absolute atomic E-state index is 13.5. The lowest BCUT2D eigenvalue weighted by molar-refractivity contribution is 0.141. The minimum atomic E-state index is -0.261. The Hall–Kier alpha value is -2.71. The van der Waals surface area contributed by atoms with Gasteiger partial charge in [0.1, 0.15) is 5.82 Å². The zero-order valence-electron chi connectivity index (χ0n) is 16.0. The van der Waals surface area contributed by atoms with E-state index in [4.69, 9.17) is 4.74 Å². The van der Waals surface area contributed by atoms with Crippen molar-refractivity contribution >= 4 is 28.4 Å². The predicted molar refractivity (Wildman–Crippen MR) is 112 cm³/mol. The van der Waals surface area contributed by atoms with E-state index in [2.05, 4.69) is 10.2 Å². The van der Waals surface area contributed by atoms with Gasteiger partial charge in [0.25, 0.3) is 5.56 Å². The van der Waals surface area contributed by atoms with Gasteiger partial charge in [0.15, 0.2) is 5.16 Å². The van der Waals surface area contributed by atoms with Gasteiger partial charge in [-0.3, -0.25) is 13.8 Å². The molecule has 29 heavy (non-hydrogen) atoms. The second-order valence-corrected chi connectivity index (χ2v) is 7.50. The molecule has 0 atom stereocenters. The summed E-state index contributed by atoms with van der Waals surface area (Å²) in [4.78, 5) is 13.0. The fourth-order valence-corrected chi connectivity index (χ4v) is 4.16. The first kappa shape index (κ1) is 19.6. The van der Waals surface area contributed by atoms with E-state index in [1.54, 1.807) is 10.6 Å². The number of halogens is 1. The van der Waals surface area contributed by atoms with Gasteiger partial charge < -0.3 is 4.74 Å². The smallest absolute Gasteiger partial charge is 0.262 e. The molecule has 8 heteroatoms. The van der Waals surface area contributed by atoms with Crippen LogP contribution in [0.4, 0.5) is 4.39 Å². The summed E-state index contributed by atoms with van der Waals surface area (Å²) in [5.41, 5.74) is 1.54. The van der Waals surface area contributed by atoms with Crippen LogP contribution in [0.25, 0.3) is 16.7 Å². The molecule has 150 valence electrons. The third-order valence-electron chi connectivity index (χ3n) is 4.61. The molecule has 4 rings (SSSR count). The van der Waals surface area contributed by atoms with Gasteiger partial charge in [0, 0.05) is 25.5 Å². The van der Waals surface area contributed by atoms with Gasteiger partial charge >= 0.3 is 0 Å². The molecule has 0 aliphatic carbocycles. The Morgan fingerprint density at radius 1 is 1.14 bits per heavy atom. The van der Waals surface area contributed by atoms with Crippen molar-refractivity contribution < 1.29 is 9.13 Å². The molecule has 0 unspecified atom stereocenters. The lowest BCUT2D eigenvalue weighted by Gasteiger charge is -2.11. The molecule has 2 aromatic carbocycles. The van der Waals surface area contributed by atoms with E-state index in [1.807, 2.05) is 41.7 Å². The number of nitrogens with zero attached hydrogens (tertiary/aromatic N) is 4. The summed E-state index contributed by atoms with van der Waals surface area (Å²) in [7, 11) is 0. The molecule has 0 saturated carbocycles. The summed E-state index contributed by atoms with van der Waals surface area (Å²) < 4.78 is 22.4. The second-order valence-electron chi connectivity index (χ2n) is 6.56. The summed E-state index contributed by atoms with van der Waals surface area (Å²) in [5, 5.41) is 9.90. The summed E-state index contributed by atoms with van der Waals surface area (Å²) in [6.45, 7) is 3.67. The predicted octanol–water partition coefficient (Wildman–Crippen LogP) is 3.90. The third-order valence-corrected chi connectivity index (χ3v) is 5.61. The summed E-state index contributed by atoms with van der Waals surface area (Å²) >= 11 is 1.46. The molecular weight excluding hydrogens is 391 g/mol. The van der Waals surface area contributed by atoms with Crippen molar-refractivity contribution in [3.8, 4) is 0 Å². The highest BCUT2D eigenvalue weighted by atomic mass is 32.2. The molecule has 0 fully saturated rings. The normalized spacial score (nSPS) is 11.5. The Balaban J connectivity index is 1.74. The van der Waals surface area contributed by atoms with Crippen molar-refractivity contribution in [2.45, 2.75) is 30.8 Å². The molecule has 2 aromatic heterocycles. The number of aromatic nitrogens is 4. The van der Waals surface area contributed by atoms with Gasteiger partial charge in [-0.25, -0.2) is 4.39 Å². The number of thioether (sulfide) groups is 1. The molecule has 0 bridgehead atoms. The Labute approximate surface area is 171 Å². The minimum Gasteiger partial charge on any atom is -0.382 e. The first-order chi connectivity index (χ1) is 14.2. The first-order valence-corrected chi connectivity index (χ1v) is 10.5. The lowest BCUT2D eigenvalue weighted by Crippen LogP contribution is -2.24. The highest BCUT2D eigenvalue weighted by Gasteiger charge is 2.16. The number of aryl methyl sites for hydroxylation is 1. The van der Waals surface area contributed by atoms with Crippen LogP contribution < -0.4 is 5.56 Å². The molecule has 0 amide bonds. The van der Waals surface area contributed by atoms with Crippen LogP contribution in [-0.4, -0.2) is 32.4 Å². The molecule has 0 radical (unpaired) electrons. The average Bonchev–Trinajstić information content (AvgIpc) is 3.16. The van der Waals surface area contributed by atoms with Crippen LogP contribution in [0.3, 0.4) is 0 Å². The first-order valence-electron chi connectivity index (χ1n) is 9.50. The number of hydrogen-bond acceptors (Lipinski definition) is 5. The average molecular weight is 412 g/mol. The fourth-order valence-electron chi connectivity index (χ4n) is 3.27. The van der Waals surface area contributed by atoms with E-state index < -0.39 is 0 Å². The van der Waals surface area contributed by atoms with Gasteiger partial charge in [0.05, 0.1) is 10.9 Å². The Morgan fingerprint density at radius 3 is 2.83 bits per heavy atom. The standard InChI is InChI=1S/C21H21FN4O2S/c1-2-28-12-6-11-25-19(27)17-9-3-4-10-18(17)26-20(25)23-24-21(26)29-14-15-7-5-8-16(22)13-15/h3-5,7-10,13H,2,6,11-12,14H2,1H3. The lowest BCUT2D eigenvalue weighted by atomic mass is 10.2. The number of ether oxygens (including phenoxy) is 1. The second kappa shape index (κ2) is 8.75. The van der Waals surface area contributed by atoms with Gasteiger partial charge in [-0.1, -0.05) is 36.0 Å². The fraction of sp³-hybridized carbons (Fsp3) is 0.286. The van der Waals surface area contributed by atoms with Crippen molar-refractivity contribution in [3.63, 3.8) is 0 Å². The largest absolute Gasteiger partial charge is 0.382 e. The van der Waals surface area contributed by atoms with Gasteiger partial charge in [0.2, 0.25) is 5.78 Å². The maximum atomic E-state index is 13.5. The molecule has 2 heterocycles. The van der Waals surface area contributed by atoms with E-state index in [0.29, 0.717) is 48.3 Å². The van der Waals surface area contributed by atoms with Crippen LogP contribution >= 0.6 is 11.8 Å². The SMILES string of the molecule is CCOCCCn1c(=O)c2ccccc2n2c(SCc3cccc(F)c3)nnc12. The van der Waals surface area contributed by atoms with Crippen molar-refractivity contribution in [1.29, 1.82) is 0 Å². The summed E-state index contributed by atoms with van der Waals surface area (Å²) in [6.07, 6.45) is 0.709. The topological polar surface area (TPSA) is 61.4 Å². The van der Waals surface area contributed by atoms with Crippen molar-refractivity contribution in [3.05, 3.63) is 70.3 Å². The van der Waals surface area contributed by atoms with Gasteiger partial charge in [-0.05, 0) is 43.2 Å². The quantitative estimate of drug-likeness (QED) is 0.324. The van der Waals surface area contributed by atoms with Crippen LogP contribution in [0.15, 0.2) is 58.5 Å². The molecule has 4 aromatic rings. The summed E-state index contributed by atoms with van der Waals surface area (Å²) in [5.74, 6) is 0.797. The maximum Gasteiger partial charge on any atom is 0.262 e. The molecule has 0 saturated heterocycles. The number of para-hydroxylation sites is 1. The van der Waals surface area contributed by atoms with Crippen LogP contribution in [0.1, 0.15) is 18.9 Å². The van der Waals surface area contributed by atoms with Crippen LogP contribution in [0, 0.1) is 5.82 Å². The van der Waals surface area contributed by atoms with E-state index in [9.17, 15) is 9.18 Å². The highest BCUT2D eigenvalue weighted by Crippen LogP contribution is 2.25. The number of hydrogen-bond donors (Lipinski definition) is 0. The zero-order chi connectivity index (χ0) is 20.2. The molecule has 0 spiro atoms. The molecule has 6 nitrogen and oxygen atoms in total. The monoisotopic (exact) mass is 412 g/mol. The van der Waals surface area contributed by atoms with Crippen molar-refractivity contribution in [1.82, 2.24) is 19.2 Å². The molecule has 0 aliphatic heterocycles. The number of rotatable bonds is 8.